The van der Waals surface area contributed by atoms with Crippen LogP contribution in [0, 0.1) is 11.7 Å². The number of nitrogens with zero attached hydrogens (tertiary/aromatic N) is 1. The van der Waals surface area contributed by atoms with E-state index >= 15 is 0 Å². The van der Waals surface area contributed by atoms with Crippen molar-refractivity contribution >= 4 is 33.6 Å². The predicted octanol–water partition coefficient (Wildman–Crippen LogP) is 2.53. The molecule has 1 atom stereocenters. The van der Waals surface area contributed by atoms with Gasteiger partial charge in [0.05, 0.1) is 10.4 Å². The van der Waals surface area contributed by atoms with Crippen molar-refractivity contribution in [1.29, 1.82) is 0 Å². The number of nitrogens with one attached hydrogen (secondary N) is 1. The fourth-order valence-corrected chi connectivity index (χ4v) is 2.17. The second-order valence-electron chi connectivity index (χ2n) is 4.33. The van der Waals surface area contributed by atoms with Crippen LogP contribution in [-0.4, -0.2) is 35.1 Å². The van der Waals surface area contributed by atoms with Gasteiger partial charge in [-0.05, 0) is 40.5 Å². The maximum Gasteiger partial charge on any atom is 0.321 e. The zero-order chi connectivity index (χ0) is 14.0. The molecule has 2 N–H and O–H groups in total. The molecule has 1 aromatic rings. The molecule has 1 aliphatic rings. The van der Waals surface area contributed by atoms with Crippen LogP contribution < -0.4 is 5.32 Å². The van der Waals surface area contributed by atoms with Crippen LogP contribution >= 0.6 is 15.9 Å². The molecule has 0 bridgehead atoms. The van der Waals surface area contributed by atoms with Gasteiger partial charge >= 0.3 is 12.0 Å². The Morgan fingerprint density at radius 1 is 1.47 bits per heavy atom. The highest BCUT2D eigenvalue weighted by atomic mass is 79.9. The van der Waals surface area contributed by atoms with Gasteiger partial charge < -0.3 is 15.3 Å². The van der Waals surface area contributed by atoms with Crippen molar-refractivity contribution < 1.29 is 19.1 Å². The van der Waals surface area contributed by atoms with Crippen LogP contribution in [0.4, 0.5) is 14.9 Å². The highest BCUT2D eigenvalue weighted by Crippen LogP contribution is 2.21. The summed E-state index contributed by atoms with van der Waals surface area (Å²) in [5.74, 6) is -1.89. The minimum Gasteiger partial charge on any atom is -0.481 e. The molecule has 0 aromatic heterocycles. The first-order valence-electron chi connectivity index (χ1n) is 5.71. The molecule has 2 rings (SSSR count). The molecule has 1 heterocycles. The number of carboxylic acids is 1. The van der Waals surface area contributed by atoms with Gasteiger partial charge in [0, 0.05) is 18.8 Å². The normalized spacial score (nSPS) is 18.4. The SMILES string of the molecule is O=C(O)C1CCN(C(=O)Nc2ccc(Br)c(F)c2)C1. The Kier molecular flexibility index (Phi) is 4.04. The Morgan fingerprint density at radius 2 is 2.21 bits per heavy atom. The maximum absolute atomic E-state index is 13.3. The van der Waals surface area contributed by atoms with Crippen molar-refractivity contribution in [3.63, 3.8) is 0 Å². The average Bonchev–Trinajstić information content (AvgIpc) is 2.83. The Morgan fingerprint density at radius 3 is 2.79 bits per heavy atom. The predicted molar refractivity (Wildman–Crippen MR) is 70.4 cm³/mol. The number of benzene rings is 1. The third kappa shape index (κ3) is 3.23. The quantitative estimate of drug-likeness (QED) is 0.875. The molecule has 0 aliphatic carbocycles. The Labute approximate surface area is 117 Å². The van der Waals surface area contributed by atoms with Gasteiger partial charge in [0.1, 0.15) is 5.82 Å². The van der Waals surface area contributed by atoms with Gasteiger partial charge in [0.15, 0.2) is 0 Å². The second kappa shape index (κ2) is 5.56. The average molecular weight is 331 g/mol. The molecule has 0 saturated carbocycles. The highest BCUT2D eigenvalue weighted by molar-refractivity contribution is 9.10. The lowest BCUT2D eigenvalue weighted by molar-refractivity contribution is -0.141. The number of amides is 2. The summed E-state index contributed by atoms with van der Waals surface area (Å²) in [5, 5.41) is 11.4. The topological polar surface area (TPSA) is 69.6 Å². The number of anilines is 1. The van der Waals surface area contributed by atoms with E-state index in [1.165, 1.54) is 17.0 Å². The fourth-order valence-electron chi connectivity index (χ4n) is 1.92. The third-order valence-electron chi connectivity index (χ3n) is 3.00. The number of aliphatic carboxylic acids is 1. The lowest BCUT2D eigenvalue weighted by atomic mass is 10.1. The van der Waals surface area contributed by atoms with Crippen LogP contribution in [0.2, 0.25) is 0 Å². The van der Waals surface area contributed by atoms with E-state index in [2.05, 4.69) is 21.2 Å². The molecule has 2 amide bonds. The summed E-state index contributed by atoms with van der Waals surface area (Å²) in [7, 11) is 0. The Bertz CT molecular complexity index is 524. The number of urea groups is 1. The number of carbonyl (C=O) groups is 2. The Hall–Kier alpha value is -1.63. The highest BCUT2D eigenvalue weighted by Gasteiger charge is 2.30. The summed E-state index contributed by atoms with van der Waals surface area (Å²) in [4.78, 5) is 24.1. The van der Waals surface area contributed by atoms with Crippen molar-refractivity contribution in [1.82, 2.24) is 4.90 Å². The summed E-state index contributed by atoms with van der Waals surface area (Å²) < 4.78 is 13.6. The molecule has 1 aliphatic heterocycles. The van der Waals surface area contributed by atoms with Gasteiger partial charge in [-0.1, -0.05) is 0 Å². The van der Waals surface area contributed by atoms with E-state index in [-0.39, 0.29) is 6.54 Å². The standard InChI is InChI=1S/C12H12BrFN2O3/c13-9-2-1-8(5-10(9)14)15-12(19)16-4-3-7(6-16)11(17)18/h1-2,5,7H,3-4,6H2,(H,15,19)(H,17,18). The van der Waals surface area contributed by atoms with E-state index in [1.807, 2.05) is 0 Å². The van der Waals surface area contributed by atoms with E-state index in [1.54, 1.807) is 6.07 Å². The first-order chi connectivity index (χ1) is 8.97. The number of carboxylic acid groups (broad SMARTS) is 1. The number of likely N-dealkylation sites (tertiary alicyclic amines) is 1. The lowest BCUT2D eigenvalue weighted by Crippen LogP contribution is -2.33. The lowest BCUT2D eigenvalue weighted by Gasteiger charge is -2.16. The molecule has 1 unspecified atom stereocenters. The molecule has 1 fully saturated rings. The van der Waals surface area contributed by atoms with Gasteiger partial charge in [0.2, 0.25) is 0 Å². The summed E-state index contributed by atoms with van der Waals surface area (Å²) >= 11 is 3.02. The van der Waals surface area contributed by atoms with Crippen LogP contribution in [-0.2, 0) is 4.79 Å². The number of halogens is 2. The summed E-state index contributed by atoms with van der Waals surface area (Å²) in [6, 6.07) is 3.85. The molecular weight excluding hydrogens is 319 g/mol. The van der Waals surface area contributed by atoms with Crippen molar-refractivity contribution in [3.05, 3.63) is 28.5 Å². The van der Waals surface area contributed by atoms with Crippen LogP contribution in [0.1, 0.15) is 6.42 Å². The Balaban J connectivity index is 1.98. The van der Waals surface area contributed by atoms with Gasteiger partial charge in [0.25, 0.3) is 0 Å². The summed E-state index contributed by atoms with van der Waals surface area (Å²) in [6.07, 6.45) is 0.442. The summed E-state index contributed by atoms with van der Waals surface area (Å²) in [5.41, 5.74) is 0.337. The molecule has 1 saturated heterocycles. The van der Waals surface area contributed by atoms with Gasteiger partial charge in [-0.2, -0.15) is 0 Å². The van der Waals surface area contributed by atoms with Crippen LogP contribution in [0.25, 0.3) is 0 Å². The zero-order valence-electron chi connectivity index (χ0n) is 9.90. The molecule has 0 spiro atoms. The number of rotatable bonds is 2. The van der Waals surface area contributed by atoms with Crippen LogP contribution in [0.3, 0.4) is 0 Å². The number of hydrogen-bond donors (Lipinski definition) is 2. The van der Waals surface area contributed by atoms with Crippen molar-refractivity contribution in [3.8, 4) is 0 Å². The monoisotopic (exact) mass is 330 g/mol. The molecular formula is C12H12BrFN2O3. The zero-order valence-corrected chi connectivity index (χ0v) is 11.5. The van der Waals surface area contributed by atoms with E-state index in [4.69, 9.17) is 5.11 Å². The smallest absolute Gasteiger partial charge is 0.321 e. The molecule has 7 heteroatoms. The number of hydrogen-bond acceptors (Lipinski definition) is 2. The first kappa shape index (κ1) is 13.8. The van der Waals surface area contributed by atoms with Crippen molar-refractivity contribution in [2.45, 2.75) is 6.42 Å². The summed E-state index contributed by atoms with van der Waals surface area (Å²) in [6.45, 7) is 0.571. The van der Waals surface area contributed by atoms with Crippen molar-refractivity contribution in [2.75, 3.05) is 18.4 Å². The number of carbonyl (C=O) groups excluding carboxylic acids is 1. The molecule has 102 valence electrons. The van der Waals surface area contributed by atoms with Crippen molar-refractivity contribution in [2.24, 2.45) is 5.92 Å². The second-order valence-corrected chi connectivity index (χ2v) is 5.18. The molecule has 1 aromatic carbocycles. The van der Waals surface area contributed by atoms with Crippen LogP contribution in [0.5, 0.6) is 0 Å². The van der Waals surface area contributed by atoms with Gasteiger partial charge in [-0.15, -0.1) is 0 Å². The van der Waals surface area contributed by atoms with Gasteiger partial charge in [-0.25, -0.2) is 9.18 Å². The van der Waals surface area contributed by atoms with E-state index in [0.29, 0.717) is 23.1 Å². The van der Waals surface area contributed by atoms with Crippen LogP contribution in [0.15, 0.2) is 22.7 Å². The minimum absolute atomic E-state index is 0.181. The largest absolute Gasteiger partial charge is 0.481 e. The van der Waals surface area contributed by atoms with Gasteiger partial charge in [-0.3, -0.25) is 4.79 Å². The van der Waals surface area contributed by atoms with E-state index < -0.39 is 23.7 Å². The first-order valence-corrected chi connectivity index (χ1v) is 6.50. The maximum atomic E-state index is 13.3. The molecule has 5 nitrogen and oxygen atoms in total. The fraction of sp³-hybridized carbons (Fsp3) is 0.333. The van der Waals surface area contributed by atoms with E-state index in [9.17, 15) is 14.0 Å². The molecule has 19 heavy (non-hydrogen) atoms. The molecule has 0 radical (unpaired) electrons. The third-order valence-corrected chi connectivity index (χ3v) is 3.64. The minimum atomic E-state index is -0.898. The van der Waals surface area contributed by atoms with E-state index in [0.717, 1.165) is 0 Å².